The molecule has 0 spiro atoms. The summed E-state index contributed by atoms with van der Waals surface area (Å²) in [5.74, 6) is -0.896. The van der Waals surface area contributed by atoms with Crippen molar-refractivity contribution in [1.29, 1.82) is 0 Å². The highest BCUT2D eigenvalue weighted by atomic mass is 16.5. The van der Waals surface area contributed by atoms with Crippen LogP contribution in [0.15, 0.2) is 42.5 Å². The third-order valence-electron chi connectivity index (χ3n) is 3.27. The summed E-state index contributed by atoms with van der Waals surface area (Å²) in [7, 11) is 1.68. The van der Waals surface area contributed by atoms with E-state index in [2.05, 4.69) is 0 Å². The molecule has 1 N–H and O–H groups in total. The monoisotopic (exact) mass is 270 g/mol. The van der Waals surface area contributed by atoms with Gasteiger partial charge < -0.3 is 9.84 Å². The van der Waals surface area contributed by atoms with E-state index in [1.54, 1.807) is 13.2 Å². The highest BCUT2D eigenvalue weighted by Gasteiger charge is 2.11. The number of hydrogen-bond donors (Lipinski definition) is 1. The van der Waals surface area contributed by atoms with Gasteiger partial charge in [0.15, 0.2) is 0 Å². The van der Waals surface area contributed by atoms with Crippen LogP contribution in [0.25, 0.3) is 11.1 Å². The van der Waals surface area contributed by atoms with E-state index in [9.17, 15) is 9.90 Å². The number of aromatic carboxylic acids is 1. The summed E-state index contributed by atoms with van der Waals surface area (Å²) in [5, 5.41) is 9.31. The molecule has 104 valence electrons. The summed E-state index contributed by atoms with van der Waals surface area (Å²) in [5.41, 5.74) is 4.14. The number of carbonyl (C=O) groups is 1. The molecular formula is C17H18O3. The fourth-order valence-corrected chi connectivity index (χ4v) is 2.16. The highest BCUT2D eigenvalue weighted by molar-refractivity contribution is 5.96. The Hall–Kier alpha value is -2.13. The van der Waals surface area contributed by atoms with Crippen molar-refractivity contribution in [3.63, 3.8) is 0 Å². The van der Waals surface area contributed by atoms with Gasteiger partial charge >= 0.3 is 5.97 Å². The van der Waals surface area contributed by atoms with Gasteiger partial charge in [0.25, 0.3) is 0 Å². The van der Waals surface area contributed by atoms with E-state index in [1.165, 1.54) is 5.56 Å². The molecule has 0 aliphatic rings. The second-order valence-electron chi connectivity index (χ2n) is 4.79. The number of rotatable bonds is 5. The summed E-state index contributed by atoms with van der Waals surface area (Å²) in [6.45, 7) is 2.58. The molecule has 0 bridgehead atoms. The van der Waals surface area contributed by atoms with Gasteiger partial charge in [-0.05, 0) is 36.1 Å². The quantitative estimate of drug-likeness (QED) is 0.903. The number of carboxylic acids is 1. The number of aryl methyl sites for hydroxylation is 1. The predicted octanol–water partition coefficient (Wildman–Crippen LogP) is 3.55. The molecule has 2 aromatic rings. The van der Waals surface area contributed by atoms with Gasteiger partial charge in [-0.15, -0.1) is 0 Å². The normalized spacial score (nSPS) is 10.5. The molecule has 2 rings (SSSR count). The zero-order valence-electron chi connectivity index (χ0n) is 11.7. The average Bonchev–Trinajstić information content (AvgIpc) is 2.45. The first kappa shape index (κ1) is 14.3. The molecule has 20 heavy (non-hydrogen) atoms. The van der Waals surface area contributed by atoms with Gasteiger partial charge in [0.1, 0.15) is 0 Å². The molecule has 0 aliphatic heterocycles. The topological polar surface area (TPSA) is 46.5 Å². The Morgan fingerprint density at radius 1 is 1.15 bits per heavy atom. The van der Waals surface area contributed by atoms with Crippen molar-refractivity contribution in [2.75, 3.05) is 13.7 Å². The van der Waals surface area contributed by atoms with Gasteiger partial charge in [0, 0.05) is 7.11 Å². The molecule has 0 amide bonds. The maximum Gasteiger partial charge on any atom is 0.336 e. The molecule has 0 aromatic heterocycles. The zero-order valence-corrected chi connectivity index (χ0v) is 11.7. The van der Waals surface area contributed by atoms with Crippen LogP contribution < -0.4 is 0 Å². The average molecular weight is 270 g/mol. The molecule has 0 atom stereocenters. The summed E-state index contributed by atoms with van der Waals surface area (Å²) < 4.78 is 5.05. The van der Waals surface area contributed by atoms with Crippen LogP contribution >= 0.6 is 0 Å². The second kappa shape index (κ2) is 6.35. The number of benzene rings is 2. The summed E-state index contributed by atoms with van der Waals surface area (Å²) >= 11 is 0. The Kier molecular flexibility index (Phi) is 4.53. The molecule has 0 radical (unpaired) electrons. The molecule has 0 heterocycles. The Labute approximate surface area is 118 Å². The molecule has 0 fully saturated rings. The van der Waals surface area contributed by atoms with Crippen molar-refractivity contribution in [3.05, 3.63) is 59.2 Å². The van der Waals surface area contributed by atoms with E-state index < -0.39 is 5.97 Å². The smallest absolute Gasteiger partial charge is 0.336 e. The van der Waals surface area contributed by atoms with Gasteiger partial charge in [-0.1, -0.05) is 42.0 Å². The van der Waals surface area contributed by atoms with Crippen LogP contribution in [-0.4, -0.2) is 24.8 Å². The lowest BCUT2D eigenvalue weighted by Gasteiger charge is -2.08. The number of hydrogen-bond acceptors (Lipinski definition) is 2. The Bertz CT molecular complexity index is 600. The third-order valence-corrected chi connectivity index (χ3v) is 3.27. The van der Waals surface area contributed by atoms with Gasteiger partial charge in [-0.25, -0.2) is 4.79 Å². The van der Waals surface area contributed by atoms with E-state index in [4.69, 9.17) is 4.74 Å². The van der Waals surface area contributed by atoms with Gasteiger partial charge in [-0.3, -0.25) is 0 Å². The van der Waals surface area contributed by atoms with Crippen molar-refractivity contribution >= 4 is 5.97 Å². The standard InChI is InChI=1S/C17H18O3/c1-12-3-8-15(16(11-12)17(18)19)14-6-4-13(5-7-14)9-10-20-2/h3-8,11H,9-10H2,1-2H3,(H,18,19). The summed E-state index contributed by atoms with van der Waals surface area (Å²) in [6, 6.07) is 13.4. The van der Waals surface area contributed by atoms with Gasteiger partial charge in [0.05, 0.1) is 12.2 Å². The predicted molar refractivity (Wildman–Crippen MR) is 79.2 cm³/mol. The number of methoxy groups -OCH3 is 1. The third kappa shape index (κ3) is 3.25. The van der Waals surface area contributed by atoms with Crippen molar-refractivity contribution in [2.45, 2.75) is 13.3 Å². The number of ether oxygens (including phenoxy) is 1. The van der Waals surface area contributed by atoms with Crippen molar-refractivity contribution in [3.8, 4) is 11.1 Å². The van der Waals surface area contributed by atoms with Crippen LogP contribution in [0.5, 0.6) is 0 Å². The Morgan fingerprint density at radius 3 is 2.45 bits per heavy atom. The van der Waals surface area contributed by atoms with Crippen LogP contribution in [0.2, 0.25) is 0 Å². The second-order valence-corrected chi connectivity index (χ2v) is 4.79. The van der Waals surface area contributed by atoms with Crippen LogP contribution in [0.3, 0.4) is 0 Å². The first-order valence-corrected chi connectivity index (χ1v) is 6.54. The molecule has 3 heteroatoms. The van der Waals surface area contributed by atoms with E-state index in [-0.39, 0.29) is 0 Å². The maximum atomic E-state index is 11.3. The lowest BCUT2D eigenvalue weighted by atomic mass is 9.96. The minimum Gasteiger partial charge on any atom is -0.478 e. The van der Waals surface area contributed by atoms with Crippen LogP contribution in [0, 0.1) is 6.92 Å². The lowest BCUT2D eigenvalue weighted by Crippen LogP contribution is -2.00. The van der Waals surface area contributed by atoms with Crippen LogP contribution in [-0.2, 0) is 11.2 Å². The lowest BCUT2D eigenvalue weighted by molar-refractivity contribution is 0.0697. The first-order valence-electron chi connectivity index (χ1n) is 6.54. The van der Waals surface area contributed by atoms with Gasteiger partial charge in [-0.2, -0.15) is 0 Å². The molecule has 0 saturated carbocycles. The fraction of sp³-hybridized carbons (Fsp3) is 0.235. The molecule has 2 aromatic carbocycles. The SMILES string of the molecule is COCCc1ccc(-c2ccc(C)cc2C(=O)O)cc1. The van der Waals surface area contributed by atoms with E-state index in [1.807, 2.05) is 43.3 Å². The highest BCUT2D eigenvalue weighted by Crippen LogP contribution is 2.25. The molecular weight excluding hydrogens is 252 g/mol. The zero-order chi connectivity index (χ0) is 14.5. The van der Waals surface area contributed by atoms with Crippen molar-refractivity contribution in [1.82, 2.24) is 0 Å². The van der Waals surface area contributed by atoms with Crippen LogP contribution in [0.4, 0.5) is 0 Å². The van der Waals surface area contributed by atoms with Gasteiger partial charge in [0.2, 0.25) is 0 Å². The Morgan fingerprint density at radius 2 is 1.85 bits per heavy atom. The summed E-state index contributed by atoms with van der Waals surface area (Å²) in [6.07, 6.45) is 0.858. The Balaban J connectivity index is 2.34. The minimum atomic E-state index is -0.896. The first-order chi connectivity index (χ1) is 9.61. The van der Waals surface area contributed by atoms with E-state index >= 15 is 0 Å². The van der Waals surface area contributed by atoms with E-state index in [0.717, 1.165) is 23.1 Å². The largest absolute Gasteiger partial charge is 0.478 e. The minimum absolute atomic E-state index is 0.342. The molecule has 0 aliphatic carbocycles. The van der Waals surface area contributed by atoms with E-state index in [0.29, 0.717) is 12.2 Å². The molecule has 0 saturated heterocycles. The maximum absolute atomic E-state index is 11.3. The van der Waals surface area contributed by atoms with Crippen LogP contribution in [0.1, 0.15) is 21.5 Å². The fourth-order valence-electron chi connectivity index (χ4n) is 2.16. The van der Waals surface area contributed by atoms with Crippen molar-refractivity contribution in [2.24, 2.45) is 0 Å². The summed E-state index contributed by atoms with van der Waals surface area (Å²) in [4.78, 5) is 11.3. The molecule has 0 unspecified atom stereocenters. The van der Waals surface area contributed by atoms with Crippen molar-refractivity contribution < 1.29 is 14.6 Å². The molecule has 3 nitrogen and oxygen atoms in total. The number of carboxylic acid groups (broad SMARTS) is 1.